The van der Waals surface area contributed by atoms with Crippen LogP contribution in [0.3, 0.4) is 0 Å². The Bertz CT molecular complexity index is 496. The SMILES string of the molecule is CC(CCc1cnc[nH]1)CNCCc1cccc(O)c1. The molecule has 1 atom stereocenters. The zero-order chi connectivity index (χ0) is 14.2. The molecule has 0 amide bonds. The number of nitrogens with zero attached hydrogens (tertiary/aromatic N) is 1. The minimum Gasteiger partial charge on any atom is -0.508 e. The van der Waals surface area contributed by atoms with Crippen molar-refractivity contribution >= 4 is 0 Å². The third-order valence-electron chi connectivity index (χ3n) is 3.46. The molecule has 0 radical (unpaired) electrons. The van der Waals surface area contributed by atoms with Crippen molar-refractivity contribution in [3.05, 3.63) is 48.0 Å². The van der Waals surface area contributed by atoms with Gasteiger partial charge in [0.2, 0.25) is 0 Å². The second-order valence-electron chi connectivity index (χ2n) is 5.34. The summed E-state index contributed by atoms with van der Waals surface area (Å²) in [5.41, 5.74) is 2.37. The van der Waals surface area contributed by atoms with E-state index in [-0.39, 0.29) is 0 Å². The van der Waals surface area contributed by atoms with Crippen LogP contribution in [0.5, 0.6) is 5.75 Å². The van der Waals surface area contributed by atoms with E-state index in [9.17, 15) is 5.11 Å². The highest BCUT2D eigenvalue weighted by atomic mass is 16.3. The zero-order valence-corrected chi connectivity index (χ0v) is 12.0. The van der Waals surface area contributed by atoms with Crippen LogP contribution in [-0.4, -0.2) is 28.2 Å². The number of aromatic nitrogens is 2. The molecule has 0 spiro atoms. The third-order valence-corrected chi connectivity index (χ3v) is 3.46. The second-order valence-corrected chi connectivity index (χ2v) is 5.34. The molecule has 2 aromatic rings. The topological polar surface area (TPSA) is 60.9 Å². The minimum atomic E-state index is 0.343. The number of H-pyrrole nitrogens is 1. The van der Waals surface area contributed by atoms with Crippen LogP contribution < -0.4 is 5.32 Å². The van der Waals surface area contributed by atoms with Crippen molar-refractivity contribution in [2.45, 2.75) is 26.2 Å². The minimum absolute atomic E-state index is 0.343. The first kappa shape index (κ1) is 14.6. The van der Waals surface area contributed by atoms with Crippen LogP contribution in [0.4, 0.5) is 0 Å². The summed E-state index contributed by atoms with van der Waals surface area (Å²) in [5.74, 6) is 0.984. The van der Waals surface area contributed by atoms with Crippen molar-refractivity contribution in [1.29, 1.82) is 0 Å². The monoisotopic (exact) mass is 273 g/mol. The molecule has 0 aliphatic heterocycles. The summed E-state index contributed by atoms with van der Waals surface area (Å²) in [7, 11) is 0. The van der Waals surface area contributed by atoms with Crippen LogP contribution in [0.15, 0.2) is 36.8 Å². The molecule has 3 N–H and O–H groups in total. The van der Waals surface area contributed by atoms with Crippen LogP contribution in [0.25, 0.3) is 0 Å². The van der Waals surface area contributed by atoms with E-state index in [1.807, 2.05) is 24.4 Å². The highest BCUT2D eigenvalue weighted by Crippen LogP contribution is 2.11. The average molecular weight is 273 g/mol. The highest BCUT2D eigenvalue weighted by molar-refractivity contribution is 5.27. The Kier molecular flexibility index (Phi) is 5.62. The van der Waals surface area contributed by atoms with Gasteiger partial charge >= 0.3 is 0 Å². The largest absolute Gasteiger partial charge is 0.508 e. The maximum Gasteiger partial charge on any atom is 0.115 e. The van der Waals surface area contributed by atoms with Crippen molar-refractivity contribution in [2.24, 2.45) is 5.92 Å². The number of phenolic OH excluding ortho intramolecular Hbond substituents is 1. The first-order valence-corrected chi connectivity index (χ1v) is 7.20. The Morgan fingerprint density at radius 3 is 3.00 bits per heavy atom. The van der Waals surface area contributed by atoms with E-state index in [0.29, 0.717) is 11.7 Å². The van der Waals surface area contributed by atoms with Gasteiger partial charge in [0.25, 0.3) is 0 Å². The summed E-state index contributed by atoms with van der Waals surface area (Å²) in [5, 5.41) is 12.9. The maximum atomic E-state index is 9.39. The molecule has 4 nitrogen and oxygen atoms in total. The predicted molar refractivity (Wildman–Crippen MR) is 80.8 cm³/mol. The van der Waals surface area contributed by atoms with Crippen LogP contribution in [0.2, 0.25) is 0 Å². The van der Waals surface area contributed by atoms with Gasteiger partial charge in [-0.05, 0) is 56.0 Å². The van der Waals surface area contributed by atoms with Gasteiger partial charge in [-0.3, -0.25) is 0 Å². The van der Waals surface area contributed by atoms with Gasteiger partial charge in [-0.15, -0.1) is 0 Å². The van der Waals surface area contributed by atoms with E-state index in [0.717, 1.165) is 32.4 Å². The summed E-state index contributed by atoms with van der Waals surface area (Å²) in [4.78, 5) is 7.16. The number of aromatic amines is 1. The Morgan fingerprint density at radius 1 is 1.35 bits per heavy atom. The van der Waals surface area contributed by atoms with E-state index in [2.05, 4.69) is 22.2 Å². The normalized spacial score (nSPS) is 12.4. The molecule has 2 rings (SSSR count). The fourth-order valence-electron chi connectivity index (χ4n) is 2.22. The zero-order valence-electron chi connectivity index (χ0n) is 12.0. The summed E-state index contributed by atoms with van der Waals surface area (Å²) in [6, 6.07) is 7.46. The molecule has 1 aromatic carbocycles. The lowest BCUT2D eigenvalue weighted by Gasteiger charge is -2.12. The van der Waals surface area contributed by atoms with Gasteiger partial charge in [0, 0.05) is 11.9 Å². The molecular weight excluding hydrogens is 250 g/mol. The van der Waals surface area contributed by atoms with Crippen LogP contribution in [0, 0.1) is 5.92 Å². The quantitative estimate of drug-likeness (QED) is 0.648. The van der Waals surface area contributed by atoms with Crippen molar-refractivity contribution in [1.82, 2.24) is 15.3 Å². The van der Waals surface area contributed by atoms with Gasteiger partial charge in [0.1, 0.15) is 5.75 Å². The average Bonchev–Trinajstić information content (AvgIpc) is 2.95. The van der Waals surface area contributed by atoms with Crippen LogP contribution in [-0.2, 0) is 12.8 Å². The number of nitrogens with one attached hydrogen (secondary N) is 2. The van der Waals surface area contributed by atoms with E-state index < -0.39 is 0 Å². The summed E-state index contributed by atoms with van der Waals surface area (Å²) >= 11 is 0. The smallest absolute Gasteiger partial charge is 0.115 e. The summed E-state index contributed by atoms with van der Waals surface area (Å²) < 4.78 is 0. The van der Waals surface area contributed by atoms with E-state index in [4.69, 9.17) is 0 Å². The number of rotatable bonds is 8. The first-order valence-electron chi connectivity index (χ1n) is 7.20. The fraction of sp³-hybridized carbons (Fsp3) is 0.438. The Morgan fingerprint density at radius 2 is 2.25 bits per heavy atom. The molecule has 0 saturated carbocycles. The Hall–Kier alpha value is -1.81. The van der Waals surface area contributed by atoms with E-state index in [1.54, 1.807) is 12.4 Å². The molecule has 0 aliphatic carbocycles. The number of benzene rings is 1. The first-order chi connectivity index (χ1) is 9.74. The molecule has 1 heterocycles. The highest BCUT2D eigenvalue weighted by Gasteiger charge is 2.03. The van der Waals surface area contributed by atoms with Gasteiger partial charge in [-0.2, -0.15) is 0 Å². The molecule has 0 fully saturated rings. The van der Waals surface area contributed by atoms with Crippen molar-refractivity contribution in [3.8, 4) is 5.75 Å². The number of imidazole rings is 1. The summed E-state index contributed by atoms with van der Waals surface area (Å²) in [6.45, 7) is 4.22. The third kappa shape index (κ3) is 5.05. The number of hydrogen-bond donors (Lipinski definition) is 3. The molecule has 0 aliphatic rings. The maximum absolute atomic E-state index is 9.39. The van der Waals surface area contributed by atoms with Gasteiger partial charge in [-0.1, -0.05) is 19.1 Å². The van der Waals surface area contributed by atoms with Crippen molar-refractivity contribution < 1.29 is 5.11 Å². The van der Waals surface area contributed by atoms with E-state index >= 15 is 0 Å². The molecule has 20 heavy (non-hydrogen) atoms. The molecule has 108 valence electrons. The van der Waals surface area contributed by atoms with E-state index in [1.165, 1.54) is 11.3 Å². The number of aryl methyl sites for hydroxylation is 1. The lowest BCUT2D eigenvalue weighted by atomic mass is 10.0. The van der Waals surface area contributed by atoms with Gasteiger partial charge in [-0.25, -0.2) is 4.98 Å². The molecule has 4 heteroatoms. The predicted octanol–water partition coefficient (Wildman–Crippen LogP) is 2.52. The molecule has 1 aromatic heterocycles. The second kappa shape index (κ2) is 7.70. The number of aromatic hydroxyl groups is 1. The fourth-order valence-corrected chi connectivity index (χ4v) is 2.22. The van der Waals surface area contributed by atoms with Crippen molar-refractivity contribution in [3.63, 3.8) is 0 Å². The number of hydrogen-bond acceptors (Lipinski definition) is 3. The van der Waals surface area contributed by atoms with Crippen LogP contribution in [0.1, 0.15) is 24.6 Å². The van der Waals surface area contributed by atoms with Gasteiger partial charge in [0.05, 0.1) is 6.33 Å². The van der Waals surface area contributed by atoms with Gasteiger partial charge < -0.3 is 15.4 Å². The Balaban J connectivity index is 1.58. The van der Waals surface area contributed by atoms with Gasteiger partial charge in [0.15, 0.2) is 0 Å². The lowest BCUT2D eigenvalue weighted by Crippen LogP contribution is -2.23. The molecule has 0 saturated heterocycles. The molecular formula is C16H23N3O. The lowest BCUT2D eigenvalue weighted by molar-refractivity contribution is 0.472. The molecule has 1 unspecified atom stereocenters. The Labute approximate surface area is 120 Å². The van der Waals surface area contributed by atoms with Crippen LogP contribution >= 0.6 is 0 Å². The standard InChI is InChI=1S/C16H23N3O/c1-13(5-6-15-11-18-12-19-15)10-17-8-7-14-3-2-4-16(20)9-14/h2-4,9,11-13,17,20H,5-8,10H2,1H3,(H,18,19). The van der Waals surface area contributed by atoms with Crippen molar-refractivity contribution in [2.75, 3.05) is 13.1 Å². The summed E-state index contributed by atoms with van der Waals surface area (Å²) in [6.07, 6.45) is 6.77. The number of phenols is 1. The molecule has 0 bridgehead atoms.